The van der Waals surface area contributed by atoms with Crippen molar-refractivity contribution < 1.29 is 19.2 Å². The van der Waals surface area contributed by atoms with Gasteiger partial charge in [-0.25, -0.2) is 0 Å². The van der Waals surface area contributed by atoms with Crippen LogP contribution in [0.25, 0.3) is 6.08 Å². The number of benzene rings is 1. The van der Waals surface area contributed by atoms with Crippen LogP contribution in [0.4, 0.5) is 0 Å². The first-order chi connectivity index (χ1) is 10.7. The predicted molar refractivity (Wildman–Crippen MR) is 101 cm³/mol. The molecule has 0 amide bonds. The minimum atomic E-state index is -0.210. The molecule has 0 spiro atoms. The first-order valence-electron chi connectivity index (χ1n) is 8.39. The summed E-state index contributed by atoms with van der Waals surface area (Å²) in [6.07, 6.45) is 2.50. The fraction of sp³-hybridized carbons (Fsp3) is 0.429. The zero-order valence-corrected chi connectivity index (χ0v) is 17.9. The Labute approximate surface area is 151 Å². The molecule has 0 heterocycles. The van der Waals surface area contributed by atoms with Gasteiger partial charge in [-0.3, -0.25) is 0 Å². The monoisotopic (exact) mass is 358 g/mol. The van der Waals surface area contributed by atoms with Gasteiger partial charge >= 0.3 is 152 Å². The molecule has 0 nitrogen and oxygen atoms in total. The molecule has 2 aliphatic carbocycles. The van der Waals surface area contributed by atoms with Gasteiger partial charge in [0.15, 0.2) is 0 Å². The van der Waals surface area contributed by atoms with E-state index in [1.54, 1.807) is 31.5 Å². The maximum absolute atomic E-state index is 2.50. The maximum atomic E-state index is 2.50. The number of fused-ring (bicyclic) bond motifs is 1. The van der Waals surface area contributed by atoms with Crippen LogP contribution in [-0.2, 0) is 19.2 Å². The average Bonchev–Trinajstić information content (AvgIpc) is 2.94. The van der Waals surface area contributed by atoms with E-state index in [1.165, 1.54) is 5.56 Å². The zero-order chi connectivity index (χ0) is 16.9. The van der Waals surface area contributed by atoms with Crippen LogP contribution in [0.15, 0.2) is 50.2 Å². The summed E-state index contributed by atoms with van der Waals surface area (Å²) >= 11 is -0.210. The second-order valence-electron chi connectivity index (χ2n) is 7.54. The summed E-state index contributed by atoms with van der Waals surface area (Å²) < 4.78 is 2.48. The number of hydrogen-bond donors (Lipinski definition) is 0. The van der Waals surface area contributed by atoms with Crippen molar-refractivity contribution in [3.63, 3.8) is 0 Å². The summed E-state index contributed by atoms with van der Waals surface area (Å²) in [5.41, 5.74) is 8.05. The fourth-order valence-corrected chi connectivity index (χ4v) is 9.35. The van der Waals surface area contributed by atoms with Gasteiger partial charge in [-0.1, -0.05) is 0 Å². The molecule has 0 aliphatic heterocycles. The van der Waals surface area contributed by atoms with Gasteiger partial charge in [0.1, 0.15) is 0 Å². The van der Waals surface area contributed by atoms with Gasteiger partial charge in [0.05, 0.1) is 0 Å². The van der Waals surface area contributed by atoms with E-state index < -0.39 is 0 Å². The Kier molecular flexibility index (Phi) is 4.65. The van der Waals surface area contributed by atoms with E-state index in [2.05, 4.69) is 78.3 Å². The number of rotatable bonds is 3. The van der Waals surface area contributed by atoms with Crippen molar-refractivity contribution >= 4 is 14.0 Å². The Morgan fingerprint density at radius 3 is 2.22 bits per heavy atom. The summed E-state index contributed by atoms with van der Waals surface area (Å²) in [5.74, 6) is 0. The molecule has 0 aromatic heterocycles. The Morgan fingerprint density at radius 1 is 1.00 bits per heavy atom. The van der Waals surface area contributed by atoms with E-state index in [-0.39, 0.29) is 32.5 Å². The van der Waals surface area contributed by atoms with Gasteiger partial charge < -0.3 is 0 Å². The molecule has 0 saturated heterocycles. The molecule has 23 heavy (non-hydrogen) atoms. The van der Waals surface area contributed by atoms with Crippen LogP contribution in [0.1, 0.15) is 50.0 Å². The van der Waals surface area contributed by atoms with Gasteiger partial charge in [0.25, 0.3) is 0 Å². The van der Waals surface area contributed by atoms with Crippen molar-refractivity contribution in [1.29, 1.82) is 0 Å². The first-order valence-corrected chi connectivity index (χ1v) is 12.3. The molecular weight excluding hydrogens is 331 g/mol. The minimum absolute atomic E-state index is 0.0185. The molecular formula is C21H27PTi. The van der Waals surface area contributed by atoms with Gasteiger partial charge in [-0.2, -0.15) is 0 Å². The van der Waals surface area contributed by atoms with Crippen LogP contribution in [0.3, 0.4) is 0 Å². The van der Waals surface area contributed by atoms with Crippen molar-refractivity contribution in [2.75, 3.05) is 13.3 Å². The molecule has 1 aromatic carbocycles. The Bertz CT molecular complexity index is 747. The van der Waals surface area contributed by atoms with E-state index >= 15 is 0 Å². The number of allylic oxidation sites excluding steroid dienone is 5. The van der Waals surface area contributed by atoms with Crippen LogP contribution in [-0.4, -0.2) is 13.3 Å². The van der Waals surface area contributed by atoms with Crippen molar-refractivity contribution in [3.8, 4) is 0 Å². The molecule has 2 heteroatoms. The van der Waals surface area contributed by atoms with Gasteiger partial charge in [-0.05, 0) is 0 Å². The van der Waals surface area contributed by atoms with Crippen molar-refractivity contribution in [2.45, 2.75) is 38.8 Å². The van der Waals surface area contributed by atoms with Crippen molar-refractivity contribution in [1.82, 2.24) is 0 Å². The van der Waals surface area contributed by atoms with E-state index in [1.807, 2.05) is 0 Å². The molecule has 0 radical (unpaired) electrons. The molecule has 2 aliphatic rings. The van der Waals surface area contributed by atoms with Crippen LogP contribution in [0.5, 0.6) is 0 Å². The Hall–Kier alpha value is -0.416. The molecule has 1 atom stereocenters. The normalized spacial score (nSPS) is 22.8. The van der Waals surface area contributed by atoms with Crippen LogP contribution in [0, 0.1) is 5.41 Å². The van der Waals surface area contributed by atoms with E-state index in [4.69, 9.17) is 0 Å². The third-order valence-electron chi connectivity index (χ3n) is 5.77. The van der Waals surface area contributed by atoms with Crippen molar-refractivity contribution in [2.24, 2.45) is 5.41 Å². The second-order valence-corrected chi connectivity index (χ2v) is 12.0. The SMILES string of the molecule is CC1=C(C)C(C)(C)[C]([Ti][CH]2C(P(C)C)=Cc3ccccc32)=C1C. The van der Waals surface area contributed by atoms with E-state index in [9.17, 15) is 0 Å². The third-order valence-corrected chi connectivity index (χ3v) is 11.0. The fourth-order valence-electron chi connectivity index (χ4n) is 3.87. The van der Waals surface area contributed by atoms with Crippen LogP contribution < -0.4 is 0 Å². The molecule has 1 aromatic rings. The van der Waals surface area contributed by atoms with Crippen LogP contribution in [0.2, 0.25) is 0 Å². The van der Waals surface area contributed by atoms with Crippen LogP contribution >= 0.6 is 7.92 Å². The Morgan fingerprint density at radius 2 is 1.65 bits per heavy atom. The topological polar surface area (TPSA) is 0 Å². The first kappa shape index (κ1) is 17.4. The predicted octanol–water partition coefficient (Wildman–Crippen LogP) is 6.56. The summed E-state index contributed by atoms with van der Waals surface area (Å²) in [5, 5.41) is 1.72. The molecule has 0 saturated carbocycles. The van der Waals surface area contributed by atoms with E-state index in [0.717, 1.165) is 0 Å². The molecule has 120 valence electrons. The molecule has 1 unspecified atom stereocenters. The Balaban J connectivity index is 2.02. The molecule has 0 N–H and O–H groups in total. The summed E-state index contributed by atoms with van der Waals surface area (Å²) in [4.78, 5) is 0. The molecule has 0 fully saturated rings. The van der Waals surface area contributed by atoms with Gasteiger partial charge in [0, 0.05) is 0 Å². The second kappa shape index (κ2) is 6.14. The molecule has 3 rings (SSSR count). The summed E-state index contributed by atoms with van der Waals surface area (Å²) in [6, 6.07) is 9.08. The standard InChI is InChI=1S/C11H12P.C10H15.Ti/c1-12(2)11-7-9-5-3-4-6-10(9)8-11;1-7-6-10(4,5)9(3)8(7)2;/h3-8H,1-2H3;1-5H3;. The van der Waals surface area contributed by atoms with Gasteiger partial charge in [-0.15, -0.1) is 0 Å². The third kappa shape index (κ3) is 2.78. The zero-order valence-electron chi connectivity index (χ0n) is 15.4. The quantitative estimate of drug-likeness (QED) is 0.424. The summed E-state index contributed by atoms with van der Waals surface area (Å²) in [6.45, 7) is 16.7. The number of hydrogen-bond acceptors (Lipinski definition) is 0. The van der Waals surface area contributed by atoms with E-state index in [0.29, 0.717) is 4.22 Å². The van der Waals surface area contributed by atoms with Gasteiger partial charge in [0.2, 0.25) is 0 Å². The molecule has 0 bridgehead atoms. The summed E-state index contributed by atoms with van der Waals surface area (Å²) in [7, 11) is -0.0185. The average molecular weight is 358 g/mol. The van der Waals surface area contributed by atoms with Crippen molar-refractivity contribution in [3.05, 3.63) is 61.3 Å².